The monoisotopic (exact) mass is 439 g/mol. The molecule has 0 aliphatic rings. The molecule has 1 N–H and O–H groups in total. The molecular formula is C17H16AsF2N3O2S. The van der Waals surface area contributed by atoms with Crippen molar-refractivity contribution < 1.29 is 17.2 Å². The van der Waals surface area contributed by atoms with E-state index in [1.165, 1.54) is 6.33 Å². The van der Waals surface area contributed by atoms with E-state index in [1.54, 1.807) is 25.3 Å². The van der Waals surface area contributed by atoms with Crippen molar-refractivity contribution in [2.24, 2.45) is 0 Å². The van der Waals surface area contributed by atoms with Crippen LogP contribution in [-0.2, 0) is 10.0 Å². The van der Waals surface area contributed by atoms with Gasteiger partial charge in [0.05, 0.1) is 0 Å². The van der Waals surface area contributed by atoms with Crippen LogP contribution in [0.5, 0.6) is 0 Å². The molecular weight excluding hydrogens is 423 g/mol. The zero-order chi connectivity index (χ0) is 18.7. The van der Waals surface area contributed by atoms with Gasteiger partial charge in [-0.1, -0.05) is 0 Å². The maximum absolute atomic E-state index is 14.7. The van der Waals surface area contributed by atoms with Crippen molar-refractivity contribution in [1.29, 1.82) is 0 Å². The molecule has 0 saturated carbocycles. The van der Waals surface area contributed by atoms with Crippen molar-refractivity contribution in [2.75, 3.05) is 10.5 Å². The molecule has 0 fully saturated rings. The Hall–Kier alpha value is -2.05. The minimum atomic E-state index is -3.65. The number of nitrogens with zero attached hydrogens (tertiary/aromatic N) is 2. The Labute approximate surface area is 156 Å². The third kappa shape index (κ3) is 4.19. The van der Waals surface area contributed by atoms with E-state index in [4.69, 9.17) is 0 Å². The Kier molecular flexibility index (Phi) is 5.53. The fourth-order valence-electron chi connectivity index (χ4n) is 2.44. The molecule has 0 saturated heterocycles. The predicted molar refractivity (Wildman–Crippen MR) is 100 cm³/mol. The van der Waals surface area contributed by atoms with E-state index in [0.717, 1.165) is 27.4 Å². The molecule has 1 aromatic heterocycles. The van der Waals surface area contributed by atoms with Gasteiger partial charge in [-0.3, -0.25) is 0 Å². The van der Waals surface area contributed by atoms with E-state index in [1.807, 2.05) is 6.07 Å². The van der Waals surface area contributed by atoms with Gasteiger partial charge in [-0.15, -0.1) is 0 Å². The van der Waals surface area contributed by atoms with Gasteiger partial charge in [0, 0.05) is 0 Å². The number of halogens is 2. The van der Waals surface area contributed by atoms with E-state index in [2.05, 4.69) is 14.7 Å². The molecule has 3 aromatic rings. The molecule has 1 atom stereocenters. The van der Waals surface area contributed by atoms with Gasteiger partial charge in [0.25, 0.3) is 0 Å². The van der Waals surface area contributed by atoms with Gasteiger partial charge in [0.15, 0.2) is 0 Å². The molecule has 5 nitrogen and oxygen atoms in total. The number of aromatic nitrogens is 2. The van der Waals surface area contributed by atoms with Gasteiger partial charge < -0.3 is 0 Å². The summed E-state index contributed by atoms with van der Waals surface area (Å²) >= 11 is -1.36. The van der Waals surface area contributed by atoms with Crippen molar-refractivity contribution in [1.82, 2.24) is 9.97 Å². The second kappa shape index (κ2) is 7.68. The first-order valence-corrected chi connectivity index (χ1v) is 11.6. The second-order valence-corrected chi connectivity index (χ2v) is 10.3. The first-order chi connectivity index (χ1) is 12.4. The molecule has 1 heterocycles. The van der Waals surface area contributed by atoms with E-state index in [0.29, 0.717) is 6.42 Å². The Morgan fingerprint density at radius 3 is 2.77 bits per heavy atom. The number of hydrogen-bond acceptors (Lipinski definition) is 4. The second-order valence-electron chi connectivity index (χ2n) is 5.63. The summed E-state index contributed by atoms with van der Waals surface area (Å²) < 4.78 is 55.6. The summed E-state index contributed by atoms with van der Waals surface area (Å²) in [6.07, 6.45) is 3.47. The number of benzene rings is 2. The summed E-state index contributed by atoms with van der Waals surface area (Å²) in [6.45, 7) is 1.71. The molecule has 0 bridgehead atoms. The fourth-order valence-corrected chi connectivity index (χ4v) is 5.94. The molecule has 0 aliphatic heterocycles. The van der Waals surface area contributed by atoms with Crippen molar-refractivity contribution in [3.05, 3.63) is 54.5 Å². The summed E-state index contributed by atoms with van der Waals surface area (Å²) in [5, 5.41) is 0.786. The van der Waals surface area contributed by atoms with Crippen LogP contribution in [0.25, 0.3) is 10.9 Å². The van der Waals surface area contributed by atoms with Gasteiger partial charge in [-0.25, -0.2) is 0 Å². The standard InChI is InChI=1S/C17H16AsF2N3O2S/c1-2-7-26(24,25)23-15-6-4-13(19)16(17(15)20)18-12-3-5-14-11(8-12)9-21-10-22-14/h3-6,8-10,18,23H,2,7H2,1H3. The molecule has 9 heteroatoms. The number of rotatable bonds is 6. The number of nitrogens with one attached hydrogen (secondary N) is 1. The average molecular weight is 439 g/mol. The number of fused-ring (bicyclic) bond motifs is 1. The Morgan fingerprint density at radius 2 is 2.00 bits per heavy atom. The van der Waals surface area contributed by atoms with Crippen molar-refractivity contribution in [2.45, 2.75) is 13.3 Å². The van der Waals surface area contributed by atoms with E-state index >= 15 is 0 Å². The van der Waals surface area contributed by atoms with E-state index in [9.17, 15) is 17.2 Å². The van der Waals surface area contributed by atoms with Crippen LogP contribution in [0.15, 0.2) is 42.9 Å². The average Bonchev–Trinajstić information content (AvgIpc) is 2.61. The third-order valence-electron chi connectivity index (χ3n) is 3.60. The number of hydrogen-bond donors (Lipinski definition) is 1. The summed E-state index contributed by atoms with van der Waals surface area (Å²) in [5.41, 5.74) is 0.528. The summed E-state index contributed by atoms with van der Waals surface area (Å²) in [5.74, 6) is -1.65. The van der Waals surface area contributed by atoms with Gasteiger partial charge in [-0.2, -0.15) is 0 Å². The Bertz CT molecular complexity index is 1060. The molecule has 1 unspecified atom stereocenters. The van der Waals surface area contributed by atoms with Crippen LogP contribution in [0.1, 0.15) is 13.3 Å². The van der Waals surface area contributed by atoms with Crippen LogP contribution in [0.3, 0.4) is 0 Å². The molecule has 2 aromatic carbocycles. The fraction of sp³-hybridized carbons (Fsp3) is 0.176. The van der Waals surface area contributed by atoms with Gasteiger partial charge in [-0.05, 0) is 0 Å². The zero-order valence-corrected chi connectivity index (χ0v) is 16.7. The van der Waals surface area contributed by atoms with Crippen molar-refractivity contribution in [3.8, 4) is 0 Å². The molecule has 0 spiro atoms. The third-order valence-corrected chi connectivity index (χ3v) is 7.82. The van der Waals surface area contributed by atoms with Crippen molar-refractivity contribution >= 4 is 51.1 Å². The predicted octanol–water partition coefficient (Wildman–Crippen LogP) is 1.45. The van der Waals surface area contributed by atoms with Crippen LogP contribution >= 0.6 is 0 Å². The topological polar surface area (TPSA) is 72.0 Å². The SMILES string of the molecule is CCCS(=O)(=O)Nc1ccc(F)c([AsH]c2ccc3ncncc3c2)c1F. The van der Waals surface area contributed by atoms with Gasteiger partial charge in [0.1, 0.15) is 0 Å². The molecule has 0 radical (unpaired) electrons. The summed E-state index contributed by atoms with van der Waals surface area (Å²) in [7, 11) is -3.65. The Balaban J connectivity index is 1.95. The van der Waals surface area contributed by atoms with E-state index < -0.39 is 37.4 Å². The van der Waals surface area contributed by atoms with Crippen LogP contribution < -0.4 is 13.4 Å². The quantitative estimate of drug-likeness (QED) is 0.591. The van der Waals surface area contributed by atoms with Gasteiger partial charge in [0.2, 0.25) is 0 Å². The number of anilines is 1. The van der Waals surface area contributed by atoms with Crippen LogP contribution in [0.2, 0.25) is 0 Å². The molecule has 136 valence electrons. The number of sulfonamides is 1. The molecule has 3 rings (SSSR count). The molecule has 0 aliphatic carbocycles. The first kappa shape index (κ1) is 18.7. The zero-order valence-electron chi connectivity index (χ0n) is 13.8. The summed E-state index contributed by atoms with van der Waals surface area (Å²) in [6, 6.07) is 7.57. The van der Waals surface area contributed by atoms with E-state index in [-0.39, 0.29) is 15.8 Å². The normalized spacial score (nSPS) is 12.1. The molecule has 26 heavy (non-hydrogen) atoms. The van der Waals surface area contributed by atoms with Crippen LogP contribution in [0.4, 0.5) is 14.5 Å². The summed E-state index contributed by atoms with van der Waals surface area (Å²) in [4.78, 5) is 8.06. The Morgan fingerprint density at radius 1 is 1.19 bits per heavy atom. The molecule has 0 amide bonds. The van der Waals surface area contributed by atoms with Crippen molar-refractivity contribution in [3.63, 3.8) is 0 Å². The maximum atomic E-state index is 14.7. The first-order valence-electron chi connectivity index (χ1n) is 7.85. The minimum absolute atomic E-state index is 0.0714. The van der Waals surface area contributed by atoms with Crippen LogP contribution in [0, 0.1) is 11.6 Å². The van der Waals surface area contributed by atoms with Crippen LogP contribution in [-0.4, -0.2) is 39.9 Å². The van der Waals surface area contributed by atoms with Gasteiger partial charge >= 0.3 is 157 Å².